The van der Waals surface area contributed by atoms with Crippen molar-refractivity contribution in [1.82, 2.24) is 13.9 Å². The Morgan fingerprint density at radius 2 is 1.73 bits per heavy atom. The first-order chi connectivity index (χ1) is 6.46. The summed E-state index contributed by atoms with van der Waals surface area (Å²) < 4.78 is 26.8. The van der Waals surface area contributed by atoms with Gasteiger partial charge in [0.05, 0.1) is 0 Å². The van der Waals surface area contributed by atoms with E-state index in [2.05, 4.69) is 5.32 Å². The van der Waals surface area contributed by atoms with E-state index in [1.807, 2.05) is 13.8 Å². The molecule has 0 atom stereocenters. The van der Waals surface area contributed by atoms with E-state index in [9.17, 15) is 8.42 Å². The van der Waals surface area contributed by atoms with Crippen LogP contribution < -0.4 is 5.32 Å². The fraction of sp³-hybridized carbons (Fsp3) is 1.00. The van der Waals surface area contributed by atoms with Gasteiger partial charge >= 0.3 is 0 Å². The molecule has 1 saturated heterocycles. The largest absolute Gasteiger partial charge is 0.314 e. The highest BCUT2D eigenvalue weighted by Crippen LogP contribution is 2.10. The molecule has 1 aliphatic rings. The van der Waals surface area contributed by atoms with E-state index < -0.39 is 10.2 Å². The maximum Gasteiger partial charge on any atom is 0.282 e. The highest BCUT2D eigenvalue weighted by atomic mass is 35.5. The van der Waals surface area contributed by atoms with E-state index in [-0.39, 0.29) is 18.4 Å². The molecule has 1 aliphatic heterocycles. The van der Waals surface area contributed by atoms with Crippen molar-refractivity contribution >= 4 is 22.6 Å². The molecule has 0 unspecified atom stereocenters. The van der Waals surface area contributed by atoms with Crippen LogP contribution in [0.1, 0.15) is 13.8 Å². The summed E-state index contributed by atoms with van der Waals surface area (Å²) in [6, 6.07) is 0.00915. The molecule has 0 saturated carbocycles. The fourth-order valence-corrected chi connectivity index (χ4v) is 2.86. The van der Waals surface area contributed by atoms with E-state index >= 15 is 0 Å². The van der Waals surface area contributed by atoms with Crippen molar-refractivity contribution in [1.29, 1.82) is 0 Å². The molecule has 0 amide bonds. The minimum atomic E-state index is -3.23. The van der Waals surface area contributed by atoms with Gasteiger partial charge in [-0.2, -0.15) is 17.0 Å². The summed E-state index contributed by atoms with van der Waals surface area (Å²) in [5, 5.41) is 3.13. The molecule has 0 aromatic carbocycles. The lowest BCUT2D eigenvalue weighted by molar-refractivity contribution is 0.310. The van der Waals surface area contributed by atoms with Crippen LogP contribution in [-0.2, 0) is 10.2 Å². The molecule has 1 rings (SSSR count). The zero-order valence-electron chi connectivity index (χ0n) is 9.43. The molecule has 0 bridgehead atoms. The van der Waals surface area contributed by atoms with Crippen molar-refractivity contribution in [2.45, 2.75) is 19.9 Å². The zero-order chi connectivity index (χ0) is 10.8. The van der Waals surface area contributed by atoms with Gasteiger partial charge < -0.3 is 5.32 Å². The molecule has 0 aliphatic carbocycles. The predicted molar refractivity (Wildman–Crippen MR) is 63.5 cm³/mol. The van der Waals surface area contributed by atoms with Crippen molar-refractivity contribution in [3.8, 4) is 0 Å². The lowest BCUT2D eigenvalue weighted by atomic mass is 10.4. The molecule has 1 N–H and O–H groups in total. The SMILES string of the molecule is CC(C)N(C)S(=O)(=O)N1CCNCC1.Cl. The highest BCUT2D eigenvalue weighted by molar-refractivity contribution is 7.86. The van der Waals surface area contributed by atoms with Gasteiger partial charge in [-0.1, -0.05) is 0 Å². The second kappa shape index (κ2) is 6.00. The van der Waals surface area contributed by atoms with Crippen LogP contribution in [0.2, 0.25) is 0 Å². The molecule has 1 fully saturated rings. The summed E-state index contributed by atoms with van der Waals surface area (Å²) in [5.74, 6) is 0. The third kappa shape index (κ3) is 3.57. The van der Waals surface area contributed by atoms with E-state index in [1.165, 1.54) is 8.61 Å². The lowest BCUT2D eigenvalue weighted by Gasteiger charge is -2.32. The average Bonchev–Trinajstić information content (AvgIpc) is 2.18. The van der Waals surface area contributed by atoms with Crippen LogP contribution in [0.15, 0.2) is 0 Å². The Morgan fingerprint density at radius 3 is 2.13 bits per heavy atom. The van der Waals surface area contributed by atoms with Crippen LogP contribution in [-0.4, -0.2) is 56.3 Å². The van der Waals surface area contributed by atoms with Gasteiger partial charge in [-0.3, -0.25) is 0 Å². The first-order valence-corrected chi connectivity index (χ1v) is 6.30. The number of nitrogens with zero attached hydrogens (tertiary/aromatic N) is 2. The molecule has 0 radical (unpaired) electrons. The Kier molecular flexibility index (Phi) is 6.05. The third-order valence-electron chi connectivity index (χ3n) is 2.49. The summed E-state index contributed by atoms with van der Waals surface area (Å²) >= 11 is 0. The summed E-state index contributed by atoms with van der Waals surface area (Å²) in [7, 11) is -1.61. The van der Waals surface area contributed by atoms with E-state index in [4.69, 9.17) is 0 Å². The Bertz CT molecular complexity index is 276. The Balaban J connectivity index is 0.00000196. The van der Waals surface area contributed by atoms with Gasteiger partial charge in [0, 0.05) is 39.3 Å². The van der Waals surface area contributed by atoms with Crippen molar-refractivity contribution in [2.24, 2.45) is 0 Å². The van der Waals surface area contributed by atoms with Gasteiger partial charge in [-0.05, 0) is 13.8 Å². The van der Waals surface area contributed by atoms with Gasteiger partial charge in [-0.25, -0.2) is 0 Å². The van der Waals surface area contributed by atoms with Gasteiger partial charge in [0.2, 0.25) is 0 Å². The smallest absolute Gasteiger partial charge is 0.282 e. The second-order valence-electron chi connectivity index (χ2n) is 3.77. The molecule has 0 aromatic heterocycles. The molecule has 1 heterocycles. The molecule has 0 spiro atoms. The van der Waals surface area contributed by atoms with Gasteiger partial charge in [0.15, 0.2) is 0 Å². The first kappa shape index (κ1) is 15.1. The quantitative estimate of drug-likeness (QED) is 0.768. The predicted octanol–water partition coefficient (Wildman–Crippen LogP) is -0.102. The van der Waals surface area contributed by atoms with Crippen molar-refractivity contribution < 1.29 is 8.42 Å². The second-order valence-corrected chi connectivity index (χ2v) is 5.75. The molecular weight excluding hydrogens is 238 g/mol. The van der Waals surface area contributed by atoms with Crippen molar-refractivity contribution in [3.05, 3.63) is 0 Å². The van der Waals surface area contributed by atoms with Crippen LogP contribution in [0, 0.1) is 0 Å². The average molecular weight is 258 g/mol. The Labute approximate surface area is 98.4 Å². The van der Waals surface area contributed by atoms with Crippen LogP contribution in [0.4, 0.5) is 0 Å². The van der Waals surface area contributed by atoms with E-state index in [0.717, 1.165) is 13.1 Å². The molecule has 15 heavy (non-hydrogen) atoms. The molecule has 5 nitrogen and oxygen atoms in total. The summed E-state index contributed by atoms with van der Waals surface area (Å²) in [6.07, 6.45) is 0. The standard InChI is InChI=1S/C8H19N3O2S.ClH/c1-8(2)10(3)14(12,13)11-6-4-9-5-7-11;/h8-9H,4-7H2,1-3H3;1H. The topological polar surface area (TPSA) is 52.7 Å². The third-order valence-corrected chi connectivity index (χ3v) is 4.66. The maximum atomic E-state index is 12.0. The lowest BCUT2D eigenvalue weighted by Crippen LogP contribution is -2.52. The number of halogens is 1. The van der Waals surface area contributed by atoms with Crippen LogP contribution in [0.5, 0.6) is 0 Å². The summed E-state index contributed by atoms with van der Waals surface area (Å²) in [6.45, 7) is 6.37. The van der Waals surface area contributed by atoms with E-state index in [0.29, 0.717) is 13.1 Å². The number of piperazine rings is 1. The monoisotopic (exact) mass is 257 g/mol. The first-order valence-electron chi connectivity index (χ1n) is 4.90. The number of hydrogen-bond donors (Lipinski definition) is 1. The number of hydrogen-bond acceptors (Lipinski definition) is 3. The van der Waals surface area contributed by atoms with E-state index in [1.54, 1.807) is 7.05 Å². The number of nitrogens with one attached hydrogen (secondary N) is 1. The molecule has 92 valence electrons. The fourth-order valence-electron chi connectivity index (χ4n) is 1.32. The normalized spacial score (nSPS) is 19.3. The summed E-state index contributed by atoms with van der Waals surface area (Å²) in [5.41, 5.74) is 0. The van der Waals surface area contributed by atoms with Crippen molar-refractivity contribution in [2.75, 3.05) is 33.2 Å². The molecule has 7 heteroatoms. The van der Waals surface area contributed by atoms with Gasteiger partial charge in [0.25, 0.3) is 10.2 Å². The van der Waals surface area contributed by atoms with Crippen molar-refractivity contribution in [3.63, 3.8) is 0 Å². The number of rotatable bonds is 3. The molecular formula is C8H20ClN3O2S. The highest BCUT2D eigenvalue weighted by Gasteiger charge is 2.29. The maximum absolute atomic E-state index is 12.0. The zero-order valence-corrected chi connectivity index (χ0v) is 11.1. The minimum absolute atomic E-state index is 0. The minimum Gasteiger partial charge on any atom is -0.314 e. The van der Waals surface area contributed by atoms with Gasteiger partial charge in [0.1, 0.15) is 0 Å². The van der Waals surface area contributed by atoms with Crippen LogP contribution in [0.25, 0.3) is 0 Å². The Hall–Kier alpha value is 0.120. The molecule has 0 aromatic rings. The summed E-state index contributed by atoms with van der Waals surface area (Å²) in [4.78, 5) is 0. The van der Waals surface area contributed by atoms with Crippen LogP contribution in [0.3, 0.4) is 0 Å². The van der Waals surface area contributed by atoms with Gasteiger partial charge in [-0.15, -0.1) is 12.4 Å². The Morgan fingerprint density at radius 1 is 1.27 bits per heavy atom. The van der Waals surface area contributed by atoms with Crippen LogP contribution >= 0.6 is 12.4 Å².